The van der Waals surface area contributed by atoms with E-state index in [9.17, 15) is 18.3 Å². The van der Waals surface area contributed by atoms with Crippen molar-refractivity contribution in [3.8, 4) is 5.75 Å². The maximum Gasteiger partial charge on any atom is 0.259 e. The first-order valence-electron chi connectivity index (χ1n) is 12.5. The van der Waals surface area contributed by atoms with E-state index >= 15 is 0 Å². The Morgan fingerprint density at radius 1 is 0.972 bits per heavy atom. The van der Waals surface area contributed by atoms with Crippen molar-refractivity contribution in [1.29, 1.82) is 0 Å². The Labute approximate surface area is 217 Å². The molecule has 0 unspecified atom stereocenters. The molecule has 0 saturated heterocycles. The molecule has 2 N–H and O–H groups in total. The van der Waals surface area contributed by atoms with E-state index in [0.29, 0.717) is 34.6 Å². The molecule has 0 saturated carbocycles. The molecule has 1 heterocycles. The summed E-state index contributed by atoms with van der Waals surface area (Å²) in [6, 6.07) is 8.51. The van der Waals surface area contributed by atoms with E-state index in [2.05, 4.69) is 21.8 Å². The van der Waals surface area contributed by atoms with E-state index in [1.165, 1.54) is 57.4 Å². The van der Waals surface area contributed by atoms with E-state index in [4.69, 9.17) is 4.84 Å². The summed E-state index contributed by atoms with van der Waals surface area (Å²) >= 11 is 0.689. The average Bonchev–Trinajstić information content (AvgIpc) is 3.36. The number of carbonyl (C=O) groups is 1. The van der Waals surface area contributed by atoms with Crippen molar-refractivity contribution in [3.05, 3.63) is 40.9 Å². The second-order valence-electron chi connectivity index (χ2n) is 8.98. The number of nitrogens with one attached hydrogen (secondary N) is 1. The Kier molecular flexibility index (Phi) is 10.6. The number of aromatic hydroxyl groups is 1. The first-order chi connectivity index (χ1) is 17.3. The fourth-order valence-electron chi connectivity index (χ4n) is 3.97. The minimum absolute atomic E-state index is 0.0298. The van der Waals surface area contributed by atoms with Gasteiger partial charge in [-0.2, -0.15) is 4.37 Å². The number of phenolic OH excluding ortho intramolecular Hbond substituents is 1. The van der Waals surface area contributed by atoms with Gasteiger partial charge in [0.05, 0.1) is 17.9 Å². The molecule has 1 aromatic heterocycles. The highest BCUT2D eigenvalue weighted by Crippen LogP contribution is 2.34. The molecule has 0 bridgehead atoms. The van der Waals surface area contributed by atoms with Gasteiger partial charge in [-0.1, -0.05) is 82.9 Å². The van der Waals surface area contributed by atoms with Gasteiger partial charge >= 0.3 is 0 Å². The third kappa shape index (κ3) is 7.72. The molecule has 0 aliphatic rings. The predicted octanol–water partition coefficient (Wildman–Crippen LogP) is 6.30. The van der Waals surface area contributed by atoms with Crippen LogP contribution in [0.15, 0.2) is 35.5 Å². The average molecular weight is 534 g/mol. The number of anilines is 1. The molecule has 0 amide bonds. The van der Waals surface area contributed by atoms with Gasteiger partial charge in [-0.3, -0.25) is 15.1 Å². The first kappa shape index (κ1) is 28.0. The summed E-state index contributed by atoms with van der Waals surface area (Å²) in [5.74, 6) is -0.788. The maximum absolute atomic E-state index is 12.8. The fraction of sp³-hybridized carbons (Fsp3) is 0.500. The van der Waals surface area contributed by atoms with Crippen molar-refractivity contribution in [2.75, 3.05) is 18.3 Å². The van der Waals surface area contributed by atoms with Crippen LogP contribution in [0, 0.1) is 0 Å². The third-order valence-electron chi connectivity index (χ3n) is 5.99. The number of carbonyl (C=O) groups excluding carboxylic acids is 1. The molecule has 3 rings (SSSR count). The van der Waals surface area contributed by atoms with Crippen LogP contribution in [-0.2, 0) is 14.7 Å². The van der Waals surface area contributed by atoms with Crippen LogP contribution in [-0.4, -0.2) is 41.5 Å². The minimum atomic E-state index is -3.62. The van der Waals surface area contributed by atoms with Crippen molar-refractivity contribution in [1.82, 2.24) is 9.36 Å². The van der Waals surface area contributed by atoms with Crippen molar-refractivity contribution >= 4 is 43.6 Å². The minimum Gasteiger partial charge on any atom is -0.507 e. The number of unbranched alkanes of at least 4 members (excludes halogenated alkanes) is 9. The summed E-state index contributed by atoms with van der Waals surface area (Å²) in [7, 11) is -3.62. The zero-order valence-corrected chi connectivity index (χ0v) is 22.6. The summed E-state index contributed by atoms with van der Waals surface area (Å²) < 4.78 is 27.0. The molecular weight excluding hydrogens is 498 g/mol. The Balaban J connectivity index is 1.52. The van der Waals surface area contributed by atoms with Crippen LogP contribution in [0.2, 0.25) is 0 Å². The number of hydrogen-bond acceptors (Lipinski definition) is 9. The van der Waals surface area contributed by atoms with Crippen LogP contribution in [0.25, 0.3) is 10.8 Å². The Morgan fingerprint density at radius 3 is 2.28 bits per heavy atom. The largest absolute Gasteiger partial charge is 0.507 e. The second kappa shape index (κ2) is 13.7. The number of hydrogen-bond donors (Lipinski definition) is 2. The summed E-state index contributed by atoms with van der Waals surface area (Å²) in [5, 5.41) is 11.5. The number of nitrogens with zero attached hydrogens (tertiary/aromatic N) is 2. The molecule has 10 heteroatoms. The van der Waals surface area contributed by atoms with Crippen LogP contribution in [0.5, 0.6) is 5.75 Å². The highest BCUT2D eigenvalue weighted by Gasteiger charge is 2.23. The molecule has 0 aliphatic carbocycles. The summed E-state index contributed by atoms with van der Waals surface area (Å²) in [6.45, 7) is 2.82. The summed E-state index contributed by atoms with van der Waals surface area (Å²) in [5.41, 5.74) is 3.68. The molecule has 0 spiro atoms. The monoisotopic (exact) mass is 533 g/mol. The third-order valence-corrected chi connectivity index (χ3v) is 7.67. The standard InChI is InChI=1S/C26H35N3O5S2/c1-3-4-5-6-7-8-9-10-11-12-18-34-28-22-15-13-14-20-19(22)16-17-21(23(20)30)24(31)25-27-26(29-35-25)36(2,32)33/h13-17,28,30H,3-12,18H2,1-2H3. The highest BCUT2D eigenvalue weighted by molar-refractivity contribution is 7.90. The summed E-state index contributed by atoms with van der Waals surface area (Å²) in [4.78, 5) is 22.3. The normalized spacial score (nSPS) is 11.7. The Morgan fingerprint density at radius 2 is 1.64 bits per heavy atom. The molecule has 0 aliphatic heterocycles. The van der Waals surface area contributed by atoms with Gasteiger partial charge in [0, 0.05) is 17.0 Å². The number of ketones is 1. The lowest BCUT2D eigenvalue weighted by Crippen LogP contribution is -2.05. The first-order valence-corrected chi connectivity index (χ1v) is 15.2. The van der Waals surface area contributed by atoms with E-state index in [0.717, 1.165) is 19.1 Å². The molecule has 0 atom stereocenters. The number of fused-ring (bicyclic) bond motifs is 1. The van der Waals surface area contributed by atoms with Crippen molar-refractivity contribution in [3.63, 3.8) is 0 Å². The molecule has 0 fully saturated rings. The number of benzene rings is 2. The van der Waals surface area contributed by atoms with Crippen LogP contribution in [0.3, 0.4) is 0 Å². The zero-order chi connectivity index (χ0) is 26.0. The van der Waals surface area contributed by atoms with Crippen molar-refractivity contribution < 1.29 is 23.2 Å². The van der Waals surface area contributed by atoms with Crippen LogP contribution in [0.4, 0.5) is 5.69 Å². The van der Waals surface area contributed by atoms with E-state index in [1.807, 2.05) is 6.07 Å². The van der Waals surface area contributed by atoms with Gasteiger partial charge in [-0.25, -0.2) is 13.4 Å². The zero-order valence-electron chi connectivity index (χ0n) is 21.0. The molecule has 2 aromatic carbocycles. The van der Waals surface area contributed by atoms with Gasteiger partial charge in [0.2, 0.25) is 15.6 Å². The second-order valence-corrected chi connectivity index (χ2v) is 11.6. The van der Waals surface area contributed by atoms with Crippen LogP contribution in [0.1, 0.15) is 86.5 Å². The number of aromatic nitrogens is 2. The SMILES string of the molecule is CCCCCCCCCCCCONc1cccc2c(O)c(C(=O)c3nc(S(C)(=O)=O)ns3)ccc12. The lowest BCUT2D eigenvalue weighted by atomic mass is 10.0. The Hall–Kier alpha value is -2.56. The van der Waals surface area contributed by atoms with Crippen molar-refractivity contribution in [2.45, 2.75) is 76.3 Å². The number of sulfone groups is 1. The molecule has 196 valence electrons. The lowest BCUT2D eigenvalue weighted by molar-refractivity contribution is 0.103. The van der Waals surface area contributed by atoms with Crippen LogP contribution < -0.4 is 5.48 Å². The van der Waals surface area contributed by atoms with Gasteiger partial charge in [0.25, 0.3) is 5.16 Å². The maximum atomic E-state index is 12.8. The van der Waals surface area contributed by atoms with Gasteiger partial charge in [-0.15, -0.1) is 0 Å². The van der Waals surface area contributed by atoms with E-state index in [-0.39, 0.29) is 16.3 Å². The van der Waals surface area contributed by atoms with Gasteiger partial charge in [0.15, 0.2) is 5.01 Å². The predicted molar refractivity (Wildman–Crippen MR) is 143 cm³/mol. The van der Waals surface area contributed by atoms with E-state index in [1.54, 1.807) is 18.2 Å². The smallest absolute Gasteiger partial charge is 0.259 e. The molecule has 3 aromatic rings. The molecule has 0 radical (unpaired) electrons. The molecule has 8 nitrogen and oxygen atoms in total. The topological polar surface area (TPSA) is 118 Å². The molecule has 36 heavy (non-hydrogen) atoms. The number of phenols is 1. The highest BCUT2D eigenvalue weighted by atomic mass is 32.2. The van der Waals surface area contributed by atoms with Crippen LogP contribution >= 0.6 is 11.5 Å². The lowest BCUT2D eigenvalue weighted by Gasteiger charge is -2.12. The Bertz CT molecular complexity index is 1260. The number of rotatable bonds is 16. The van der Waals surface area contributed by atoms with E-state index < -0.39 is 20.8 Å². The summed E-state index contributed by atoms with van der Waals surface area (Å²) in [6.07, 6.45) is 13.6. The van der Waals surface area contributed by atoms with Gasteiger partial charge < -0.3 is 5.11 Å². The quantitative estimate of drug-likeness (QED) is 0.125. The van der Waals surface area contributed by atoms with Crippen molar-refractivity contribution in [2.24, 2.45) is 0 Å². The van der Waals surface area contributed by atoms with Gasteiger partial charge in [0.1, 0.15) is 5.75 Å². The molecular formula is C26H35N3O5S2. The van der Waals surface area contributed by atoms with Gasteiger partial charge in [-0.05, 0) is 30.1 Å². The fourth-order valence-corrected chi connectivity index (χ4v) is 5.47.